The molecule has 5 nitrogen and oxygen atoms in total. The first-order chi connectivity index (χ1) is 11.4. The number of nitrogens with one attached hydrogen (secondary N) is 1. The normalized spacial score (nSPS) is 21.3. The zero-order valence-electron chi connectivity index (χ0n) is 15.0. The standard InChI is InChI=1S/C19H30N2O3/c1-4-23-13-19(2,3)14-5-7-15(8-6-14)21-16-9-11-17(12-10-16)24-18(20)22/h5-8,16-17,21H,4,9-13H2,1-3H3,(H2,20,22). The van der Waals surface area contributed by atoms with E-state index in [-0.39, 0.29) is 11.5 Å². The third-order valence-corrected chi connectivity index (χ3v) is 4.66. The summed E-state index contributed by atoms with van der Waals surface area (Å²) in [5.41, 5.74) is 7.50. The molecule has 24 heavy (non-hydrogen) atoms. The fraction of sp³-hybridized carbons (Fsp3) is 0.632. The molecule has 0 bridgehead atoms. The van der Waals surface area contributed by atoms with Gasteiger partial charge in [-0.2, -0.15) is 0 Å². The smallest absolute Gasteiger partial charge is 0.404 e. The Morgan fingerprint density at radius 3 is 2.38 bits per heavy atom. The van der Waals surface area contributed by atoms with Gasteiger partial charge in [-0.15, -0.1) is 0 Å². The highest BCUT2D eigenvalue weighted by atomic mass is 16.6. The summed E-state index contributed by atoms with van der Waals surface area (Å²) in [5, 5.41) is 3.57. The zero-order valence-corrected chi connectivity index (χ0v) is 15.0. The first kappa shape index (κ1) is 18.6. The molecule has 1 aliphatic carbocycles. The van der Waals surface area contributed by atoms with E-state index in [1.54, 1.807) is 0 Å². The lowest BCUT2D eigenvalue weighted by Crippen LogP contribution is -2.32. The lowest BCUT2D eigenvalue weighted by atomic mass is 9.85. The zero-order chi connectivity index (χ0) is 17.6. The van der Waals surface area contributed by atoms with Gasteiger partial charge < -0.3 is 20.5 Å². The highest BCUT2D eigenvalue weighted by Gasteiger charge is 2.24. The minimum absolute atomic E-state index is 0.0126. The lowest BCUT2D eigenvalue weighted by molar-refractivity contribution is 0.0806. The predicted molar refractivity (Wildman–Crippen MR) is 96.3 cm³/mol. The second-order valence-corrected chi connectivity index (χ2v) is 7.15. The molecule has 0 aliphatic heterocycles. The van der Waals surface area contributed by atoms with Crippen molar-refractivity contribution in [2.24, 2.45) is 5.73 Å². The van der Waals surface area contributed by atoms with Crippen molar-refractivity contribution in [2.45, 2.75) is 64.0 Å². The summed E-state index contributed by atoms with van der Waals surface area (Å²) < 4.78 is 10.7. The summed E-state index contributed by atoms with van der Waals surface area (Å²) in [6, 6.07) is 9.02. The maximum atomic E-state index is 10.8. The Kier molecular flexibility index (Phi) is 6.49. The average Bonchev–Trinajstić information content (AvgIpc) is 2.55. The molecule has 134 valence electrons. The van der Waals surface area contributed by atoms with Crippen molar-refractivity contribution in [3.05, 3.63) is 29.8 Å². The van der Waals surface area contributed by atoms with Gasteiger partial charge in [0, 0.05) is 23.8 Å². The van der Waals surface area contributed by atoms with E-state index in [0.29, 0.717) is 6.04 Å². The third-order valence-electron chi connectivity index (χ3n) is 4.66. The molecule has 1 aromatic rings. The van der Waals surface area contributed by atoms with E-state index in [0.717, 1.165) is 44.6 Å². The van der Waals surface area contributed by atoms with E-state index in [2.05, 4.69) is 43.4 Å². The maximum Gasteiger partial charge on any atom is 0.404 e. The third kappa shape index (κ3) is 5.41. The molecule has 1 fully saturated rings. The lowest BCUT2D eigenvalue weighted by Gasteiger charge is -2.29. The number of anilines is 1. The molecule has 0 unspecified atom stereocenters. The Morgan fingerprint density at radius 2 is 1.83 bits per heavy atom. The topological polar surface area (TPSA) is 73.6 Å². The Labute approximate surface area is 144 Å². The van der Waals surface area contributed by atoms with Gasteiger partial charge in [-0.25, -0.2) is 4.79 Å². The van der Waals surface area contributed by atoms with Crippen LogP contribution in [0.25, 0.3) is 0 Å². The molecule has 0 radical (unpaired) electrons. The number of benzene rings is 1. The van der Waals surface area contributed by atoms with Crippen LogP contribution in [0.5, 0.6) is 0 Å². The van der Waals surface area contributed by atoms with Crippen LogP contribution in [0.15, 0.2) is 24.3 Å². The molecule has 0 atom stereocenters. The Morgan fingerprint density at radius 1 is 1.21 bits per heavy atom. The molecule has 1 aromatic carbocycles. The number of carbonyl (C=O) groups excluding carboxylic acids is 1. The molecule has 2 rings (SSSR count). The average molecular weight is 334 g/mol. The molecule has 0 saturated heterocycles. The van der Waals surface area contributed by atoms with Gasteiger partial charge in [0.05, 0.1) is 6.61 Å². The van der Waals surface area contributed by atoms with Gasteiger partial charge in [-0.1, -0.05) is 26.0 Å². The monoisotopic (exact) mass is 334 g/mol. The summed E-state index contributed by atoms with van der Waals surface area (Å²) in [7, 11) is 0. The quantitative estimate of drug-likeness (QED) is 0.795. The van der Waals surface area contributed by atoms with Crippen LogP contribution in [-0.4, -0.2) is 31.5 Å². The number of ether oxygens (including phenoxy) is 2. The van der Waals surface area contributed by atoms with Crippen molar-refractivity contribution in [3.63, 3.8) is 0 Å². The van der Waals surface area contributed by atoms with E-state index in [9.17, 15) is 4.79 Å². The fourth-order valence-corrected chi connectivity index (χ4v) is 3.18. The van der Waals surface area contributed by atoms with Crippen molar-refractivity contribution in [1.82, 2.24) is 0 Å². The molecule has 1 saturated carbocycles. The van der Waals surface area contributed by atoms with Crippen LogP contribution in [-0.2, 0) is 14.9 Å². The van der Waals surface area contributed by atoms with E-state index >= 15 is 0 Å². The molecule has 1 amide bonds. The van der Waals surface area contributed by atoms with Crippen LogP contribution < -0.4 is 11.1 Å². The number of nitrogens with two attached hydrogens (primary N) is 1. The summed E-state index contributed by atoms with van der Waals surface area (Å²) in [6.45, 7) is 7.88. The van der Waals surface area contributed by atoms with E-state index in [4.69, 9.17) is 15.2 Å². The molecular weight excluding hydrogens is 304 g/mol. The summed E-state index contributed by atoms with van der Waals surface area (Å²) >= 11 is 0. The largest absolute Gasteiger partial charge is 0.446 e. The number of primary amides is 1. The van der Waals surface area contributed by atoms with Gasteiger partial charge in [0.1, 0.15) is 6.10 Å². The molecule has 0 heterocycles. The Bertz CT molecular complexity index is 520. The first-order valence-electron chi connectivity index (χ1n) is 8.81. The van der Waals surface area contributed by atoms with Gasteiger partial charge in [0.25, 0.3) is 0 Å². The number of amides is 1. The van der Waals surface area contributed by atoms with E-state index < -0.39 is 6.09 Å². The highest BCUT2D eigenvalue weighted by Crippen LogP contribution is 2.27. The Balaban J connectivity index is 1.85. The number of rotatable bonds is 7. The van der Waals surface area contributed by atoms with Crippen LogP contribution in [0.1, 0.15) is 52.0 Å². The van der Waals surface area contributed by atoms with Crippen molar-refractivity contribution in [2.75, 3.05) is 18.5 Å². The molecule has 0 spiro atoms. The first-order valence-corrected chi connectivity index (χ1v) is 8.81. The molecule has 1 aliphatic rings. The molecule has 5 heteroatoms. The van der Waals surface area contributed by atoms with Crippen molar-refractivity contribution in [3.8, 4) is 0 Å². The van der Waals surface area contributed by atoms with Crippen LogP contribution >= 0.6 is 0 Å². The van der Waals surface area contributed by atoms with E-state index in [1.807, 2.05) is 6.92 Å². The molecule has 0 aromatic heterocycles. The highest BCUT2D eigenvalue weighted by molar-refractivity contribution is 5.64. The van der Waals surface area contributed by atoms with Crippen molar-refractivity contribution >= 4 is 11.8 Å². The van der Waals surface area contributed by atoms with Gasteiger partial charge in [-0.3, -0.25) is 0 Å². The predicted octanol–water partition coefficient (Wildman–Crippen LogP) is 3.82. The second-order valence-electron chi connectivity index (χ2n) is 7.15. The number of hydrogen-bond acceptors (Lipinski definition) is 4. The number of hydrogen-bond donors (Lipinski definition) is 2. The minimum atomic E-state index is -0.670. The fourth-order valence-electron chi connectivity index (χ4n) is 3.18. The van der Waals surface area contributed by atoms with Crippen molar-refractivity contribution < 1.29 is 14.3 Å². The summed E-state index contributed by atoms with van der Waals surface area (Å²) in [6.07, 6.45) is 2.99. The molecule has 3 N–H and O–H groups in total. The van der Waals surface area contributed by atoms with Crippen LogP contribution in [0.3, 0.4) is 0 Å². The Hall–Kier alpha value is -1.75. The van der Waals surface area contributed by atoms with Crippen LogP contribution in [0.2, 0.25) is 0 Å². The minimum Gasteiger partial charge on any atom is -0.446 e. The maximum absolute atomic E-state index is 10.8. The second kappa shape index (κ2) is 8.38. The van der Waals surface area contributed by atoms with Gasteiger partial charge in [0.15, 0.2) is 0 Å². The number of carbonyl (C=O) groups is 1. The van der Waals surface area contributed by atoms with Crippen LogP contribution in [0, 0.1) is 0 Å². The summed E-state index contributed by atoms with van der Waals surface area (Å²) in [4.78, 5) is 10.8. The SMILES string of the molecule is CCOCC(C)(C)c1ccc(NC2CCC(OC(N)=O)CC2)cc1. The van der Waals surface area contributed by atoms with Crippen LogP contribution in [0.4, 0.5) is 10.5 Å². The van der Waals surface area contributed by atoms with Gasteiger partial charge in [0.2, 0.25) is 0 Å². The molecular formula is C19H30N2O3. The van der Waals surface area contributed by atoms with Gasteiger partial charge >= 0.3 is 6.09 Å². The van der Waals surface area contributed by atoms with Crippen molar-refractivity contribution in [1.29, 1.82) is 0 Å². The van der Waals surface area contributed by atoms with Gasteiger partial charge in [-0.05, 0) is 50.3 Å². The summed E-state index contributed by atoms with van der Waals surface area (Å²) in [5.74, 6) is 0. The van der Waals surface area contributed by atoms with E-state index in [1.165, 1.54) is 5.56 Å².